The molecule has 2 spiro atoms. The van der Waals surface area contributed by atoms with Crippen LogP contribution in [0.4, 0.5) is 0 Å². The summed E-state index contributed by atoms with van der Waals surface area (Å²) < 4.78 is 0. The van der Waals surface area contributed by atoms with Gasteiger partial charge in [-0.15, -0.1) is 0 Å². The van der Waals surface area contributed by atoms with Crippen LogP contribution in [-0.2, 0) is 0 Å². The lowest BCUT2D eigenvalue weighted by molar-refractivity contribution is -0.251. The minimum Gasteiger partial charge on any atom is -0.0496 e. The lowest BCUT2D eigenvalue weighted by atomic mass is 9.32. The molecule has 0 radical (unpaired) electrons. The zero-order chi connectivity index (χ0) is 19.2. The lowest BCUT2D eigenvalue weighted by Crippen LogP contribution is -2.68. The van der Waals surface area contributed by atoms with Crippen LogP contribution in [0.5, 0.6) is 0 Å². The molecule has 9 fully saturated rings. The highest BCUT2D eigenvalue weighted by molar-refractivity contribution is 5.67. The Hall–Kier alpha value is -0.520. The predicted octanol–water partition coefficient (Wildman–Crippen LogP) is 6.63. The van der Waals surface area contributed by atoms with Gasteiger partial charge in [-0.1, -0.05) is 0 Å². The van der Waals surface area contributed by atoms with Crippen molar-refractivity contribution in [2.45, 2.75) is 70.6 Å². The molecule has 0 nitrogen and oxygen atoms in total. The molecule has 0 aromatic rings. The highest BCUT2D eigenvalue weighted by atomic mass is 14.9. The summed E-state index contributed by atoms with van der Waals surface area (Å²) in [5.41, 5.74) is 9.92. The van der Waals surface area contributed by atoms with Crippen LogP contribution in [0.15, 0.2) is 22.3 Å². The van der Waals surface area contributed by atoms with Gasteiger partial charge in [0.15, 0.2) is 0 Å². The van der Waals surface area contributed by atoms with Crippen LogP contribution in [0.2, 0.25) is 0 Å². The molecule has 0 aromatic carbocycles. The summed E-state index contributed by atoms with van der Waals surface area (Å²) in [5.74, 6) is 16.6. The van der Waals surface area contributed by atoms with E-state index in [-0.39, 0.29) is 0 Å². The molecule has 0 amide bonds. The molecule has 0 heterocycles. The average Bonchev–Trinajstić information content (AvgIpc) is 3.03. The first-order valence-electron chi connectivity index (χ1n) is 14.8. The Morgan fingerprint density at radius 3 is 2.35 bits per heavy atom. The third-order valence-electron chi connectivity index (χ3n) is 16.4. The summed E-state index contributed by atoms with van der Waals surface area (Å²) in [5, 5.41) is 0. The van der Waals surface area contributed by atoms with E-state index < -0.39 is 0 Å². The maximum atomic E-state index is 2.06. The third kappa shape index (κ3) is 1.18. The van der Waals surface area contributed by atoms with Crippen molar-refractivity contribution in [3.63, 3.8) is 0 Å². The number of hydrogen-bond acceptors (Lipinski definition) is 0. The molecule has 9 saturated carbocycles. The monoisotopic (exact) mass is 408 g/mol. The van der Waals surface area contributed by atoms with Gasteiger partial charge in [0, 0.05) is 0 Å². The Bertz CT molecular complexity index is 1100. The Kier molecular flexibility index (Phi) is 2.03. The standard InChI is InChI=1S/C31H36/c1-2-16-15(1)25-21-7-13-5-12-6-18-19(9-17(12)24(13)28(21)27(16)25)26-20(18)10-23-29(26)22-8-14-3-4-30(14)11-31(22,23)30/h12-17,21-25,27-29H,1-11H2. The molecule has 0 saturated heterocycles. The Morgan fingerprint density at radius 2 is 1.52 bits per heavy atom. The third-order valence-corrected chi connectivity index (χ3v) is 16.4. The fraction of sp³-hybridized carbons (Fsp3) is 0.871. The van der Waals surface area contributed by atoms with E-state index in [1.807, 2.05) is 16.7 Å². The number of hydrogen-bond donors (Lipinski definition) is 0. The van der Waals surface area contributed by atoms with E-state index in [9.17, 15) is 0 Å². The average molecular weight is 409 g/mol. The first kappa shape index (κ1) is 15.4. The van der Waals surface area contributed by atoms with Crippen molar-refractivity contribution >= 4 is 0 Å². The molecule has 0 heteroatoms. The van der Waals surface area contributed by atoms with Gasteiger partial charge in [-0.2, -0.15) is 0 Å². The molecule has 31 heavy (non-hydrogen) atoms. The van der Waals surface area contributed by atoms with Gasteiger partial charge < -0.3 is 0 Å². The van der Waals surface area contributed by atoms with Crippen molar-refractivity contribution in [3.8, 4) is 0 Å². The summed E-state index contributed by atoms with van der Waals surface area (Å²) in [6.07, 6.45) is 17.9. The van der Waals surface area contributed by atoms with E-state index in [1.165, 1.54) is 53.3 Å². The minimum atomic E-state index is 0.909. The Labute approximate surface area is 186 Å². The van der Waals surface area contributed by atoms with Gasteiger partial charge in [-0.25, -0.2) is 0 Å². The molecule has 16 atom stereocenters. The maximum absolute atomic E-state index is 2.06. The molecular formula is C31H36. The van der Waals surface area contributed by atoms with Crippen LogP contribution in [0.1, 0.15) is 70.6 Å². The van der Waals surface area contributed by atoms with Gasteiger partial charge in [0.05, 0.1) is 0 Å². The number of allylic oxidation sites excluding steroid dienone is 4. The molecule has 0 bridgehead atoms. The van der Waals surface area contributed by atoms with Gasteiger partial charge in [0.1, 0.15) is 0 Å². The molecule has 12 aliphatic carbocycles. The fourth-order valence-corrected chi connectivity index (χ4v) is 15.7. The van der Waals surface area contributed by atoms with Crippen molar-refractivity contribution in [2.75, 3.05) is 0 Å². The second-order valence-corrected chi connectivity index (χ2v) is 15.6. The zero-order valence-corrected chi connectivity index (χ0v) is 18.9. The molecule has 0 N–H and O–H groups in total. The normalized spacial score (nSPS) is 74.3. The second kappa shape index (κ2) is 4.09. The van der Waals surface area contributed by atoms with Gasteiger partial charge in [0.25, 0.3) is 0 Å². The quantitative estimate of drug-likeness (QED) is 0.422. The Balaban J connectivity index is 0.881. The van der Waals surface area contributed by atoms with Crippen molar-refractivity contribution in [1.29, 1.82) is 0 Å². The first-order chi connectivity index (χ1) is 15.3. The molecule has 0 aliphatic heterocycles. The topological polar surface area (TPSA) is 0 Å². The van der Waals surface area contributed by atoms with Crippen molar-refractivity contribution in [3.05, 3.63) is 22.3 Å². The van der Waals surface area contributed by atoms with E-state index in [0.29, 0.717) is 0 Å². The highest BCUT2D eigenvalue weighted by Gasteiger charge is 2.89. The smallest absolute Gasteiger partial charge is 0.00851 e. The largest absolute Gasteiger partial charge is 0.0496 e. The van der Waals surface area contributed by atoms with Crippen molar-refractivity contribution in [2.24, 2.45) is 93.7 Å². The number of fused-ring (bicyclic) bond motifs is 16. The van der Waals surface area contributed by atoms with Gasteiger partial charge in [0.2, 0.25) is 0 Å². The van der Waals surface area contributed by atoms with Crippen LogP contribution in [0.3, 0.4) is 0 Å². The van der Waals surface area contributed by atoms with Crippen molar-refractivity contribution < 1.29 is 0 Å². The van der Waals surface area contributed by atoms with Gasteiger partial charge in [-0.05, 0) is 187 Å². The van der Waals surface area contributed by atoms with Crippen LogP contribution < -0.4 is 0 Å². The Morgan fingerprint density at radius 1 is 0.613 bits per heavy atom. The van der Waals surface area contributed by atoms with Crippen LogP contribution >= 0.6 is 0 Å². The van der Waals surface area contributed by atoms with Gasteiger partial charge in [-0.3, -0.25) is 0 Å². The SMILES string of the molecule is C1C2=C(CC3C1CC1CC4C5C6CCC6C5C4C13)C1=C2CC2C1C1CC3CCC34CC214. The molecular weight excluding hydrogens is 372 g/mol. The predicted molar refractivity (Wildman–Crippen MR) is 119 cm³/mol. The number of rotatable bonds is 0. The van der Waals surface area contributed by atoms with Gasteiger partial charge >= 0.3 is 0 Å². The maximum Gasteiger partial charge on any atom is -0.00851 e. The van der Waals surface area contributed by atoms with E-state index >= 15 is 0 Å². The fourth-order valence-electron chi connectivity index (χ4n) is 15.7. The molecule has 16 unspecified atom stereocenters. The van der Waals surface area contributed by atoms with Crippen LogP contribution in [0.25, 0.3) is 0 Å². The van der Waals surface area contributed by atoms with Crippen LogP contribution in [0, 0.1) is 93.7 Å². The van der Waals surface area contributed by atoms with E-state index in [2.05, 4.69) is 5.57 Å². The van der Waals surface area contributed by atoms with E-state index in [4.69, 9.17) is 0 Å². The molecule has 160 valence electrons. The van der Waals surface area contributed by atoms with E-state index in [0.717, 1.165) is 40.4 Å². The van der Waals surface area contributed by atoms with E-state index in [1.54, 1.807) is 70.6 Å². The summed E-state index contributed by atoms with van der Waals surface area (Å²) >= 11 is 0. The van der Waals surface area contributed by atoms with Crippen LogP contribution in [-0.4, -0.2) is 0 Å². The second-order valence-electron chi connectivity index (χ2n) is 15.6. The summed E-state index contributed by atoms with van der Waals surface area (Å²) in [7, 11) is 0. The molecule has 0 aromatic heterocycles. The first-order valence-corrected chi connectivity index (χ1v) is 14.8. The minimum absolute atomic E-state index is 0.909. The summed E-state index contributed by atoms with van der Waals surface area (Å²) in [6, 6.07) is 0. The van der Waals surface area contributed by atoms with Crippen molar-refractivity contribution in [1.82, 2.24) is 0 Å². The lowest BCUT2D eigenvalue weighted by Gasteiger charge is -2.73. The summed E-state index contributed by atoms with van der Waals surface area (Å²) in [4.78, 5) is 0. The molecule has 12 aliphatic rings. The highest BCUT2D eigenvalue weighted by Crippen LogP contribution is 2.96. The summed E-state index contributed by atoms with van der Waals surface area (Å²) in [6.45, 7) is 0. The zero-order valence-electron chi connectivity index (χ0n) is 18.9. The molecule has 12 rings (SSSR count).